The smallest absolute Gasteiger partial charge is 0.416 e. The Labute approximate surface area is 136 Å². The Kier molecular flexibility index (Phi) is 5.68. The number of benzene rings is 1. The molecule has 2 amide bonds. The van der Waals surface area contributed by atoms with E-state index < -0.39 is 17.8 Å². The third-order valence-corrected chi connectivity index (χ3v) is 3.26. The van der Waals surface area contributed by atoms with E-state index >= 15 is 0 Å². The molecule has 2 N–H and O–H groups in total. The zero-order valence-corrected chi connectivity index (χ0v) is 12.6. The standard InChI is InChI=1S/C16H15F3N2O3/c17-16(18,19)11-4-3-5-12(10-11)24-9-2-1-8-20-15(23)13-6-7-14(22)21-13/h3-5,10,13H,6-9H2,(H,20,23)(H,21,22)/t13-/m1/s1. The van der Waals surface area contributed by atoms with Crippen LogP contribution >= 0.6 is 0 Å². The molecular weight excluding hydrogens is 325 g/mol. The highest BCUT2D eigenvalue weighted by Gasteiger charge is 2.30. The number of hydrogen-bond acceptors (Lipinski definition) is 3. The van der Waals surface area contributed by atoms with Crippen molar-refractivity contribution in [2.45, 2.75) is 25.1 Å². The normalized spacial score (nSPS) is 16.8. The lowest BCUT2D eigenvalue weighted by Crippen LogP contribution is -2.41. The first-order valence-corrected chi connectivity index (χ1v) is 7.19. The van der Waals surface area contributed by atoms with E-state index in [2.05, 4.69) is 22.5 Å². The number of nitrogens with one attached hydrogen (secondary N) is 2. The summed E-state index contributed by atoms with van der Waals surface area (Å²) in [6.45, 7) is -0.0332. The second kappa shape index (κ2) is 7.73. The molecule has 2 rings (SSSR count). The first kappa shape index (κ1) is 17.7. The van der Waals surface area contributed by atoms with Crippen molar-refractivity contribution < 1.29 is 27.5 Å². The van der Waals surface area contributed by atoms with Crippen molar-refractivity contribution >= 4 is 11.8 Å². The topological polar surface area (TPSA) is 67.4 Å². The van der Waals surface area contributed by atoms with Crippen LogP contribution in [0.25, 0.3) is 0 Å². The Morgan fingerprint density at radius 1 is 1.38 bits per heavy atom. The van der Waals surface area contributed by atoms with Gasteiger partial charge >= 0.3 is 6.18 Å². The van der Waals surface area contributed by atoms with Crippen LogP contribution in [-0.4, -0.2) is 31.0 Å². The van der Waals surface area contributed by atoms with Crippen LogP contribution < -0.4 is 15.4 Å². The summed E-state index contributed by atoms with van der Waals surface area (Å²) in [7, 11) is 0. The number of hydrogen-bond donors (Lipinski definition) is 2. The van der Waals surface area contributed by atoms with Gasteiger partial charge < -0.3 is 15.4 Å². The number of carbonyl (C=O) groups is 2. The molecule has 0 unspecified atom stereocenters. The number of amides is 2. The molecule has 0 bridgehead atoms. The van der Waals surface area contributed by atoms with Gasteiger partial charge in [-0.15, -0.1) is 0 Å². The van der Waals surface area contributed by atoms with Crippen molar-refractivity contribution in [1.29, 1.82) is 0 Å². The van der Waals surface area contributed by atoms with Crippen LogP contribution in [0.4, 0.5) is 13.2 Å². The van der Waals surface area contributed by atoms with Gasteiger partial charge in [0, 0.05) is 6.42 Å². The van der Waals surface area contributed by atoms with Gasteiger partial charge in [-0.3, -0.25) is 9.59 Å². The van der Waals surface area contributed by atoms with E-state index in [1.165, 1.54) is 12.1 Å². The highest BCUT2D eigenvalue weighted by molar-refractivity contribution is 5.90. The number of alkyl halides is 3. The molecule has 5 nitrogen and oxygen atoms in total. The summed E-state index contributed by atoms with van der Waals surface area (Å²) in [5.41, 5.74) is -0.793. The maximum absolute atomic E-state index is 12.5. The molecule has 0 aliphatic carbocycles. The van der Waals surface area contributed by atoms with E-state index in [4.69, 9.17) is 4.74 Å². The summed E-state index contributed by atoms with van der Waals surface area (Å²) < 4.78 is 42.7. The van der Waals surface area contributed by atoms with Gasteiger partial charge in [-0.2, -0.15) is 13.2 Å². The molecule has 0 radical (unpaired) electrons. The molecule has 1 fully saturated rings. The first-order valence-electron chi connectivity index (χ1n) is 7.19. The average molecular weight is 340 g/mol. The maximum atomic E-state index is 12.5. The quantitative estimate of drug-likeness (QED) is 0.816. The SMILES string of the molecule is O=C1CC[C@H](C(=O)NCC#CCOc2cccc(C(F)(F)F)c2)N1. The fraction of sp³-hybridized carbons (Fsp3) is 0.375. The Bertz CT molecular complexity index is 677. The molecule has 1 aromatic rings. The molecule has 1 aliphatic heterocycles. The molecule has 24 heavy (non-hydrogen) atoms. The molecule has 1 heterocycles. The van der Waals surface area contributed by atoms with Crippen LogP contribution in [-0.2, 0) is 15.8 Å². The van der Waals surface area contributed by atoms with Crippen LogP contribution in [0.2, 0.25) is 0 Å². The van der Waals surface area contributed by atoms with Gasteiger partial charge in [-0.05, 0) is 24.6 Å². The molecule has 1 atom stereocenters. The Morgan fingerprint density at radius 2 is 2.17 bits per heavy atom. The summed E-state index contributed by atoms with van der Waals surface area (Å²) in [4.78, 5) is 22.6. The van der Waals surface area contributed by atoms with Crippen molar-refractivity contribution in [2.24, 2.45) is 0 Å². The molecule has 1 saturated heterocycles. The minimum absolute atomic E-state index is 0.0665. The van der Waals surface area contributed by atoms with Gasteiger partial charge in [0.1, 0.15) is 18.4 Å². The largest absolute Gasteiger partial charge is 0.481 e. The Balaban J connectivity index is 1.72. The second-order valence-electron chi connectivity index (χ2n) is 5.04. The van der Waals surface area contributed by atoms with E-state index in [9.17, 15) is 22.8 Å². The van der Waals surface area contributed by atoms with Gasteiger partial charge in [-0.25, -0.2) is 0 Å². The molecule has 128 valence electrons. The minimum Gasteiger partial charge on any atom is -0.481 e. The van der Waals surface area contributed by atoms with Crippen LogP contribution in [0, 0.1) is 11.8 Å². The van der Waals surface area contributed by atoms with Crippen LogP contribution in [0.15, 0.2) is 24.3 Å². The molecule has 1 aromatic carbocycles. The van der Waals surface area contributed by atoms with Crippen LogP contribution in [0.5, 0.6) is 5.75 Å². The van der Waals surface area contributed by atoms with Gasteiger partial charge in [-0.1, -0.05) is 17.9 Å². The Morgan fingerprint density at radius 3 is 2.83 bits per heavy atom. The highest BCUT2D eigenvalue weighted by atomic mass is 19.4. The first-order chi connectivity index (χ1) is 11.4. The van der Waals surface area contributed by atoms with Crippen molar-refractivity contribution in [3.63, 3.8) is 0 Å². The van der Waals surface area contributed by atoms with Crippen molar-refractivity contribution in [3.05, 3.63) is 29.8 Å². The molecule has 0 spiro atoms. The van der Waals surface area contributed by atoms with Crippen LogP contribution in [0.3, 0.4) is 0 Å². The average Bonchev–Trinajstić information content (AvgIpc) is 2.96. The highest BCUT2D eigenvalue weighted by Crippen LogP contribution is 2.31. The van der Waals surface area contributed by atoms with Crippen molar-refractivity contribution in [2.75, 3.05) is 13.2 Å². The van der Waals surface area contributed by atoms with Gasteiger partial charge in [0.25, 0.3) is 0 Å². The van der Waals surface area contributed by atoms with Crippen molar-refractivity contribution in [1.82, 2.24) is 10.6 Å². The predicted molar refractivity (Wildman–Crippen MR) is 78.9 cm³/mol. The number of halogens is 3. The lowest BCUT2D eigenvalue weighted by Gasteiger charge is -2.08. The zero-order valence-electron chi connectivity index (χ0n) is 12.6. The van der Waals surface area contributed by atoms with Gasteiger partial charge in [0.2, 0.25) is 11.8 Å². The fourth-order valence-corrected chi connectivity index (χ4v) is 2.06. The van der Waals surface area contributed by atoms with Gasteiger partial charge in [0.15, 0.2) is 0 Å². The third kappa shape index (κ3) is 5.19. The van der Waals surface area contributed by atoms with E-state index in [1.54, 1.807) is 0 Å². The number of carbonyl (C=O) groups excluding carboxylic acids is 2. The summed E-state index contributed by atoms with van der Waals surface area (Å²) in [5.74, 6) is 4.81. The number of ether oxygens (including phenoxy) is 1. The zero-order chi connectivity index (χ0) is 17.6. The summed E-state index contributed by atoms with van der Waals surface area (Å²) in [6, 6.07) is 3.98. The fourth-order valence-electron chi connectivity index (χ4n) is 2.06. The van der Waals surface area contributed by atoms with E-state index in [-0.39, 0.29) is 30.7 Å². The molecule has 1 aliphatic rings. The summed E-state index contributed by atoms with van der Waals surface area (Å²) in [5, 5.41) is 5.07. The van der Waals surface area contributed by atoms with Crippen LogP contribution in [0.1, 0.15) is 18.4 Å². The van der Waals surface area contributed by atoms with E-state index in [0.29, 0.717) is 12.8 Å². The molecule has 0 aromatic heterocycles. The minimum atomic E-state index is -4.43. The second-order valence-corrected chi connectivity index (χ2v) is 5.04. The molecule has 8 heteroatoms. The predicted octanol–water partition coefficient (Wildman–Crippen LogP) is 1.48. The van der Waals surface area contributed by atoms with Gasteiger partial charge in [0.05, 0.1) is 12.1 Å². The molecular formula is C16H15F3N2O3. The maximum Gasteiger partial charge on any atom is 0.416 e. The van der Waals surface area contributed by atoms with Crippen molar-refractivity contribution in [3.8, 4) is 17.6 Å². The van der Waals surface area contributed by atoms with E-state index in [1.807, 2.05) is 0 Å². The monoisotopic (exact) mass is 340 g/mol. The Hall–Kier alpha value is -2.69. The summed E-state index contributed by atoms with van der Waals surface area (Å²) in [6.07, 6.45) is -3.64. The molecule has 0 saturated carbocycles. The lowest BCUT2D eigenvalue weighted by atomic mass is 10.2. The number of rotatable bonds is 4. The lowest BCUT2D eigenvalue weighted by molar-refractivity contribution is -0.137. The van der Waals surface area contributed by atoms with E-state index in [0.717, 1.165) is 12.1 Å². The summed E-state index contributed by atoms with van der Waals surface area (Å²) >= 11 is 0. The third-order valence-electron chi connectivity index (χ3n) is 3.26.